The van der Waals surface area contributed by atoms with Crippen molar-refractivity contribution in [3.05, 3.63) is 76.9 Å². The van der Waals surface area contributed by atoms with Gasteiger partial charge in [0.2, 0.25) is 5.60 Å². The minimum absolute atomic E-state index is 0.211. The van der Waals surface area contributed by atoms with E-state index in [9.17, 15) is 15.6 Å². The molecule has 0 fully saturated rings. The van der Waals surface area contributed by atoms with Gasteiger partial charge in [0.25, 0.3) is 0 Å². The number of fused-ring (bicyclic) bond motifs is 1. The lowest BCUT2D eigenvalue weighted by Gasteiger charge is -2.43. The zero-order chi connectivity index (χ0) is 29.6. The minimum atomic E-state index is -2.58. The molecule has 5 heteroatoms. The zero-order valence-corrected chi connectivity index (χ0v) is 26.5. The Kier molecular flexibility index (Phi) is 7.90. The van der Waals surface area contributed by atoms with Crippen LogP contribution in [0, 0.1) is 22.7 Å². The summed E-state index contributed by atoms with van der Waals surface area (Å²) in [5, 5.41) is 35.0. The first kappa shape index (κ1) is 30.4. The number of rotatable bonds is 5. The van der Waals surface area contributed by atoms with Gasteiger partial charge in [0, 0.05) is 0 Å². The Bertz CT molecular complexity index is 1400. The molecule has 206 valence electrons. The summed E-state index contributed by atoms with van der Waals surface area (Å²) in [5.41, 5.74) is 0.701. The van der Waals surface area contributed by atoms with Gasteiger partial charge in [-0.15, -0.1) is 0 Å². The van der Waals surface area contributed by atoms with Gasteiger partial charge in [-0.1, -0.05) is 117 Å². The van der Waals surface area contributed by atoms with E-state index in [0.717, 1.165) is 33.0 Å². The predicted molar refractivity (Wildman–Crippen MR) is 164 cm³/mol. The summed E-state index contributed by atoms with van der Waals surface area (Å²) >= 11 is 0. The maximum Gasteiger partial charge on any atom is 0.243 e. The van der Waals surface area contributed by atoms with Crippen LogP contribution in [0.5, 0.6) is 5.75 Å². The van der Waals surface area contributed by atoms with E-state index < -0.39 is 19.8 Å². The highest BCUT2D eigenvalue weighted by atomic mass is 28.4. The Morgan fingerprint density at radius 1 is 0.769 bits per heavy atom. The molecule has 0 heterocycles. The number of phenols is 1. The van der Waals surface area contributed by atoms with E-state index in [1.807, 2.05) is 54.6 Å². The van der Waals surface area contributed by atoms with E-state index in [2.05, 4.69) is 87.5 Å². The molecule has 3 rings (SSSR count). The molecule has 0 aliphatic rings. The van der Waals surface area contributed by atoms with Crippen molar-refractivity contribution in [1.29, 1.82) is 10.5 Å². The molecule has 0 bridgehead atoms. The van der Waals surface area contributed by atoms with Gasteiger partial charge < -0.3 is 9.53 Å². The fraction of sp³-hybridized carbons (Fsp3) is 0.471. The molecule has 3 aromatic rings. The molecule has 4 nitrogen and oxygen atoms in total. The maximum atomic E-state index is 11.5. The Morgan fingerprint density at radius 3 is 1.72 bits per heavy atom. The van der Waals surface area contributed by atoms with Crippen molar-refractivity contribution in [2.24, 2.45) is 0 Å². The maximum absolute atomic E-state index is 11.5. The number of benzene rings is 3. The molecular formula is C34H44N2O2Si. The number of aromatic hydroxyl groups is 1. The normalized spacial score (nSPS) is 14.1. The Balaban J connectivity index is 2.54. The van der Waals surface area contributed by atoms with Gasteiger partial charge >= 0.3 is 0 Å². The third kappa shape index (κ3) is 5.76. The average Bonchev–Trinajstić information content (AvgIpc) is 2.82. The van der Waals surface area contributed by atoms with Gasteiger partial charge in [0.15, 0.2) is 8.32 Å². The van der Waals surface area contributed by atoms with Gasteiger partial charge in [0.05, 0.1) is 5.92 Å². The molecule has 0 unspecified atom stereocenters. The predicted octanol–water partition coefficient (Wildman–Crippen LogP) is 9.08. The SMILES string of the molecule is CC(C)(C)c1cc([C@H](c2cccc3ccccc23)C(C#N)(C#N)O[Si](C)(C)C(C)(C)C)cc(C(C)(C)C)c1O. The van der Waals surface area contributed by atoms with Crippen molar-refractivity contribution in [1.82, 2.24) is 0 Å². The van der Waals surface area contributed by atoms with E-state index in [4.69, 9.17) is 4.43 Å². The molecule has 0 aromatic heterocycles. The minimum Gasteiger partial charge on any atom is -0.507 e. The smallest absolute Gasteiger partial charge is 0.243 e. The summed E-state index contributed by atoms with van der Waals surface area (Å²) in [6, 6.07) is 22.8. The third-order valence-corrected chi connectivity index (χ3v) is 12.6. The van der Waals surface area contributed by atoms with E-state index in [1.165, 1.54) is 0 Å². The van der Waals surface area contributed by atoms with E-state index in [0.29, 0.717) is 0 Å². The third-order valence-electron chi connectivity index (χ3n) is 8.18. The molecule has 0 aliphatic carbocycles. The number of hydrogen-bond acceptors (Lipinski definition) is 4. The van der Waals surface area contributed by atoms with Gasteiger partial charge in [-0.3, -0.25) is 0 Å². The van der Waals surface area contributed by atoms with Crippen molar-refractivity contribution in [3.8, 4) is 17.9 Å². The lowest BCUT2D eigenvalue weighted by Crippen LogP contribution is -2.51. The van der Waals surface area contributed by atoms with Crippen molar-refractivity contribution in [2.75, 3.05) is 0 Å². The largest absolute Gasteiger partial charge is 0.507 e. The van der Waals surface area contributed by atoms with Crippen LogP contribution in [0.4, 0.5) is 0 Å². The number of hydrogen-bond donors (Lipinski definition) is 1. The van der Waals surface area contributed by atoms with Gasteiger partial charge in [-0.05, 0) is 62.0 Å². The molecule has 3 aromatic carbocycles. The van der Waals surface area contributed by atoms with Crippen molar-refractivity contribution >= 4 is 19.1 Å². The molecule has 0 amide bonds. The molecule has 0 saturated carbocycles. The highest BCUT2D eigenvalue weighted by molar-refractivity contribution is 6.74. The first-order valence-corrected chi connectivity index (χ1v) is 16.6. The van der Waals surface area contributed by atoms with Gasteiger partial charge in [0.1, 0.15) is 17.9 Å². The van der Waals surface area contributed by atoms with Crippen LogP contribution >= 0.6 is 0 Å². The van der Waals surface area contributed by atoms with E-state index in [-0.39, 0.29) is 21.6 Å². The van der Waals surface area contributed by atoms with Crippen LogP contribution in [0.2, 0.25) is 18.1 Å². The lowest BCUT2D eigenvalue weighted by atomic mass is 9.72. The van der Waals surface area contributed by atoms with E-state index >= 15 is 0 Å². The van der Waals surface area contributed by atoms with Gasteiger partial charge in [-0.2, -0.15) is 10.5 Å². The standard InChI is InChI=1S/C34H44N2O2Si/c1-31(2,3)27-19-24(20-28(30(27)37)32(4,5)6)29(26-18-14-16-23-15-12-13-17-25(23)26)34(21-35,22-36)38-39(10,11)33(7,8)9/h12-20,29,37H,1-11H3/t29-/m1/s1. The first-order chi connectivity index (χ1) is 17.8. The van der Waals surface area contributed by atoms with Crippen LogP contribution in [0.1, 0.15) is 90.5 Å². The van der Waals surface area contributed by atoms with Crippen LogP contribution in [0.3, 0.4) is 0 Å². The first-order valence-electron chi connectivity index (χ1n) is 13.7. The highest BCUT2D eigenvalue weighted by Gasteiger charge is 2.51. The quantitative estimate of drug-likeness (QED) is 0.327. The highest BCUT2D eigenvalue weighted by Crippen LogP contribution is 2.49. The summed E-state index contributed by atoms with van der Waals surface area (Å²) in [6.07, 6.45) is 0. The summed E-state index contributed by atoms with van der Waals surface area (Å²) < 4.78 is 6.84. The summed E-state index contributed by atoms with van der Waals surface area (Å²) in [7, 11) is -2.58. The van der Waals surface area contributed by atoms with Crippen molar-refractivity contribution < 1.29 is 9.53 Å². The fourth-order valence-corrected chi connectivity index (χ4v) is 6.24. The van der Waals surface area contributed by atoms with E-state index in [1.54, 1.807) is 0 Å². The molecular weight excluding hydrogens is 496 g/mol. The van der Waals surface area contributed by atoms with Crippen molar-refractivity contribution in [2.45, 2.75) is 103 Å². The molecule has 1 N–H and O–H groups in total. The molecule has 1 atom stereocenters. The molecule has 0 aliphatic heterocycles. The van der Waals surface area contributed by atoms with Crippen LogP contribution in [-0.2, 0) is 15.3 Å². The lowest BCUT2D eigenvalue weighted by molar-refractivity contribution is 0.148. The number of nitrogens with zero attached hydrogens (tertiary/aromatic N) is 2. The second-order valence-electron chi connectivity index (χ2n) is 14.3. The summed E-state index contributed by atoms with van der Waals surface area (Å²) in [4.78, 5) is 0. The molecule has 0 radical (unpaired) electrons. The van der Waals surface area contributed by atoms with Crippen LogP contribution in [0.25, 0.3) is 10.8 Å². The molecule has 0 saturated heterocycles. The topological polar surface area (TPSA) is 77.0 Å². The molecule has 0 spiro atoms. The zero-order valence-electron chi connectivity index (χ0n) is 25.5. The van der Waals surface area contributed by atoms with Crippen molar-refractivity contribution in [3.63, 3.8) is 0 Å². The van der Waals surface area contributed by atoms with Crippen LogP contribution in [0.15, 0.2) is 54.6 Å². The second kappa shape index (κ2) is 10.1. The Labute approximate surface area is 236 Å². The number of phenolic OH excluding ortho intramolecular Hbond substituents is 1. The number of nitriles is 2. The fourth-order valence-electron chi connectivity index (χ4n) is 4.92. The Hall–Kier alpha value is -3.12. The van der Waals surface area contributed by atoms with Crippen LogP contribution in [-0.4, -0.2) is 19.0 Å². The summed E-state index contributed by atoms with van der Waals surface area (Å²) in [6.45, 7) is 22.9. The average molecular weight is 541 g/mol. The monoisotopic (exact) mass is 540 g/mol. The molecule has 39 heavy (non-hydrogen) atoms. The second-order valence-corrected chi connectivity index (χ2v) is 19.0. The summed E-state index contributed by atoms with van der Waals surface area (Å²) in [5.74, 6) is -0.448. The van der Waals surface area contributed by atoms with Gasteiger partial charge in [-0.25, -0.2) is 0 Å². The Morgan fingerprint density at radius 2 is 1.26 bits per heavy atom. The van der Waals surface area contributed by atoms with Crippen LogP contribution < -0.4 is 0 Å².